The molecule has 0 bridgehead atoms. The van der Waals surface area contributed by atoms with Crippen LogP contribution in [0.3, 0.4) is 0 Å². The number of likely N-dealkylation sites (tertiary alicyclic amines) is 1. The van der Waals surface area contributed by atoms with Crippen LogP contribution in [0.15, 0.2) is 6.07 Å². The zero-order valence-electron chi connectivity index (χ0n) is 16.6. The number of carbonyl (C=O) groups excluding carboxylic acids is 1. The second kappa shape index (κ2) is 8.03. The summed E-state index contributed by atoms with van der Waals surface area (Å²) in [6.45, 7) is -0.975. The first-order valence-electron chi connectivity index (χ1n) is 10.4. The van der Waals surface area contributed by atoms with Crippen LogP contribution in [-0.2, 0) is 35.7 Å². The van der Waals surface area contributed by atoms with Crippen LogP contribution in [0.5, 0.6) is 0 Å². The Hall–Kier alpha value is -1.81. The highest BCUT2D eigenvalue weighted by atomic mass is 32.2. The fourth-order valence-electron chi connectivity index (χ4n) is 4.95. The first-order valence-corrected chi connectivity index (χ1v) is 12.0. The van der Waals surface area contributed by atoms with E-state index in [1.165, 1.54) is 16.0 Å². The highest BCUT2D eigenvalue weighted by Gasteiger charge is 2.36. The number of rotatable bonds is 4. The Kier molecular flexibility index (Phi) is 5.73. The van der Waals surface area contributed by atoms with Crippen LogP contribution in [0, 0.1) is 0 Å². The number of sulfonamides is 1. The van der Waals surface area contributed by atoms with Crippen molar-refractivity contribution in [3.05, 3.63) is 28.3 Å². The highest BCUT2D eigenvalue weighted by molar-refractivity contribution is 7.90. The van der Waals surface area contributed by atoms with Gasteiger partial charge in [-0.25, -0.2) is 17.9 Å². The summed E-state index contributed by atoms with van der Waals surface area (Å²) in [6.07, 6.45) is 1.52. The Labute approximate surface area is 174 Å². The second-order valence-electron chi connectivity index (χ2n) is 8.43. The summed E-state index contributed by atoms with van der Waals surface area (Å²) in [5.41, 5.74) is 5.41. The summed E-state index contributed by atoms with van der Waals surface area (Å²) >= 11 is 0. The third-order valence-corrected chi connectivity index (χ3v) is 8.14. The molecular formula is C20H26F3N3O3S. The SMILES string of the molecule is O=C(Nc1c2c(cc3c1CCC3)CCC2)NS(=O)(=O)C1CCN(CC(F)(F)F)CC1. The van der Waals surface area contributed by atoms with Gasteiger partial charge in [-0.3, -0.25) is 4.90 Å². The molecule has 0 saturated carbocycles. The minimum atomic E-state index is -4.31. The standard InChI is InChI=1S/C20H26F3N3O3S/c21-20(22,23)12-26-9-7-15(8-10-26)30(28,29)25-19(27)24-18-16-5-1-3-13(16)11-14-4-2-6-17(14)18/h11,15H,1-10,12H2,(H2,24,25,27). The molecule has 2 N–H and O–H groups in total. The lowest BCUT2D eigenvalue weighted by Gasteiger charge is -2.31. The molecule has 3 aliphatic rings. The molecule has 6 nitrogen and oxygen atoms in total. The normalized spacial score (nSPS) is 20.1. The molecule has 30 heavy (non-hydrogen) atoms. The van der Waals surface area contributed by atoms with Gasteiger partial charge in [0.05, 0.1) is 11.8 Å². The molecule has 0 aromatic heterocycles. The van der Waals surface area contributed by atoms with Gasteiger partial charge < -0.3 is 5.32 Å². The molecule has 1 aromatic carbocycles. The van der Waals surface area contributed by atoms with Crippen molar-refractivity contribution in [2.75, 3.05) is 25.0 Å². The molecule has 166 valence electrons. The van der Waals surface area contributed by atoms with E-state index < -0.39 is 34.0 Å². The van der Waals surface area contributed by atoms with Gasteiger partial charge in [-0.15, -0.1) is 0 Å². The number of hydrogen-bond donors (Lipinski definition) is 2. The Bertz CT molecular complexity index is 907. The van der Waals surface area contributed by atoms with Gasteiger partial charge in [0.25, 0.3) is 0 Å². The minimum Gasteiger partial charge on any atom is -0.307 e. The van der Waals surface area contributed by atoms with Crippen LogP contribution in [0.4, 0.5) is 23.7 Å². The quantitative estimate of drug-likeness (QED) is 0.747. The van der Waals surface area contributed by atoms with Crippen LogP contribution in [-0.4, -0.2) is 50.4 Å². The van der Waals surface area contributed by atoms with Crippen molar-refractivity contribution >= 4 is 21.7 Å². The molecule has 0 atom stereocenters. The number of carbonyl (C=O) groups is 1. The van der Waals surface area contributed by atoms with Crippen molar-refractivity contribution in [1.29, 1.82) is 0 Å². The summed E-state index contributed by atoms with van der Waals surface area (Å²) in [5.74, 6) is 0. The van der Waals surface area contributed by atoms with E-state index in [1.54, 1.807) is 0 Å². The van der Waals surface area contributed by atoms with Crippen LogP contribution in [0.2, 0.25) is 0 Å². The van der Waals surface area contributed by atoms with Crippen molar-refractivity contribution in [3.8, 4) is 0 Å². The van der Waals surface area contributed by atoms with Crippen molar-refractivity contribution in [2.24, 2.45) is 0 Å². The van der Waals surface area contributed by atoms with Crippen molar-refractivity contribution in [2.45, 2.75) is 62.8 Å². The third kappa shape index (κ3) is 4.59. The van der Waals surface area contributed by atoms with E-state index in [9.17, 15) is 26.4 Å². The smallest absolute Gasteiger partial charge is 0.307 e. The maximum Gasteiger partial charge on any atom is 0.401 e. The number of halogens is 3. The molecule has 0 unspecified atom stereocenters. The number of anilines is 1. The van der Waals surface area contributed by atoms with Crippen LogP contribution in [0.25, 0.3) is 0 Å². The van der Waals surface area contributed by atoms with Gasteiger partial charge in [0.1, 0.15) is 0 Å². The van der Waals surface area contributed by atoms with Gasteiger partial charge in [0.2, 0.25) is 10.0 Å². The fourth-order valence-corrected chi connectivity index (χ4v) is 6.26. The summed E-state index contributed by atoms with van der Waals surface area (Å²) in [4.78, 5) is 13.8. The molecule has 1 saturated heterocycles. The van der Waals surface area contributed by atoms with Crippen molar-refractivity contribution < 1.29 is 26.4 Å². The highest BCUT2D eigenvalue weighted by Crippen LogP contribution is 2.38. The molecular weight excluding hydrogens is 419 g/mol. The third-order valence-electron chi connectivity index (χ3n) is 6.32. The molecule has 10 heteroatoms. The molecule has 2 amide bonds. The van der Waals surface area contributed by atoms with E-state index in [1.807, 2.05) is 0 Å². The Morgan fingerprint density at radius 2 is 1.60 bits per heavy atom. The molecule has 4 rings (SSSR count). The zero-order valence-corrected chi connectivity index (χ0v) is 17.5. The number of alkyl halides is 3. The minimum absolute atomic E-state index is 0.0341. The summed E-state index contributed by atoms with van der Waals surface area (Å²) in [7, 11) is -3.97. The number of nitrogens with one attached hydrogen (secondary N) is 2. The van der Waals surface area contributed by atoms with Gasteiger partial charge in [0, 0.05) is 5.69 Å². The predicted molar refractivity (Wildman–Crippen MR) is 107 cm³/mol. The lowest BCUT2D eigenvalue weighted by atomic mass is 9.99. The first kappa shape index (κ1) is 21.4. The van der Waals surface area contributed by atoms with Crippen LogP contribution < -0.4 is 10.0 Å². The molecule has 1 heterocycles. The number of urea groups is 1. The predicted octanol–water partition coefficient (Wildman–Crippen LogP) is 3.14. The van der Waals surface area contributed by atoms with E-state index in [2.05, 4.69) is 16.1 Å². The average molecular weight is 446 g/mol. The van der Waals surface area contributed by atoms with Gasteiger partial charge in [-0.1, -0.05) is 6.07 Å². The maximum atomic E-state index is 12.6. The number of benzene rings is 1. The maximum absolute atomic E-state index is 12.6. The first-order chi connectivity index (χ1) is 14.1. The number of nitrogens with zero attached hydrogens (tertiary/aromatic N) is 1. The van der Waals surface area contributed by atoms with Crippen molar-refractivity contribution in [1.82, 2.24) is 9.62 Å². The monoisotopic (exact) mass is 445 g/mol. The molecule has 1 fully saturated rings. The Morgan fingerprint density at radius 3 is 2.13 bits per heavy atom. The lowest BCUT2D eigenvalue weighted by molar-refractivity contribution is -0.147. The van der Waals surface area contributed by atoms with Gasteiger partial charge in [-0.05, 0) is 86.7 Å². The molecule has 1 aliphatic heterocycles. The van der Waals surface area contributed by atoms with Crippen molar-refractivity contribution in [3.63, 3.8) is 0 Å². The second-order valence-corrected chi connectivity index (χ2v) is 10.4. The summed E-state index contributed by atoms with van der Waals surface area (Å²) in [6, 6.07) is 1.43. The van der Waals surface area contributed by atoms with E-state index in [0.717, 1.165) is 55.3 Å². The summed E-state index contributed by atoms with van der Waals surface area (Å²) in [5, 5.41) is 1.91. The molecule has 0 radical (unpaired) electrons. The number of fused-ring (bicyclic) bond motifs is 2. The average Bonchev–Trinajstić information content (AvgIpc) is 3.29. The largest absolute Gasteiger partial charge is 0.401 e. The van der Waals surface area contributed by atoms with Gasteiger partial charge >= 0.3 is 12.2 Å². The van der Waals surface area contributed by atoms with Crippen LogP contribution in [0.1, 0.15) is 47.9 Å². The van der Waals surface area contributed by atoms with E-state index >= 15 is 0 Å². The Morgan fingerprint density at radius 1 is 1.03 bits per heavy atom. The fraction of sp³-hybridized carbons (Fsp3) is 0.650. The number of piperidine rings is 1. The van der Waals surface area contributed by atoms with Gasteiger partial charge in [-0.2, -0.15) is 13.2 Å². The summed E-state index contributed by atoms with van der Waals surface area (Å²) < 4.78 is 64.9. The number of aryl methyl sites for hydroxylation is 2. The number of hydrogen-bond acceptors (Lipinski definition) is 4. The van der Waals surface area contributed by atoms with E-state index in [0.29, 0.717) is 0 Å². The van der Waals surface area contributed by atoms with Gasteiger partial charge in [0.15, 0.2) is 0 Å². The zero-order chi connectivity index (χ0) is 21.5. The Balaban J connectivity index is 1.40. The molecule has 0 spiro atoms. The van der Waals surface area contributed by atoms with E-state index in [4.69, 9.17) is 0 Å². The number of amides is 2. The van der Waals surface area contributed by atoms with E-state index in [-0.39, 0.29) is 25.9 Å². The molecule has 2 aliphatic carbocycles. The molecule has 1 aromatic rings. The van der Waals surface area contributed by atoms with Crippen LogP contribution >= 0.6 is 0 Å². The lowest BCUT2D eigenvalue weighted by Crippen LogP contribution is -2.47. The topological polar surface area (TPSA) is 78.5 Å².